The minimum Gasteiger partial charge on any atom is -0.258 e. The van der Waals surface area contributed by atoms with Crippen LogP contribution in [-0.2, 0) is 0 Å². The molecule has 1 aromatic carbocycles. The molecule has 0 amide bonds. The van der Waals surface area contributed by atoms with E-state index < -0.39 is 0 Å². The van der Waals surface area contributed by atoms with Gasteiger partial charge in [-0.3, -0.25) is 10.1 Å². The molecule has 1 aromatic rings. The molecule has 0 aliphatic carbocycles. The lowest BCUT2D eigenvalue weighted by molar-refractivity contribution is -0.384. The van der Waals surface area contributed by atoms with Crippen LogP contribution in [0.4, 0.5) is 5.69 Å². The quantitative estimate of drug-likeness (QED) is 0.451. The molecule has 0 aliphatic rings. The fourth-order valence-electron chi connectivity index (χ4n) is 1.58. The normalized spacial score (nSPS) is 13.4. The van der Waals surface area contributed by atoms with Gasteiger partial charge in [0.25, 0.3) is 5.69 Å². The van der Waals surface area contributed by atoms with Crippen LogP contribution in [0.25, 0.3) is 0 Å². The molecule has 90 valence electrons. The molecule has 2 unspecified atom stereocenters. The smallest absolute Gasteiger partial charge is 0.258 e. The van der Waals surface area contributed by atoms with E-state index in [0.29, 0.717) is 0 Å². The van der Waals surface area contributed by atoms with Crippen LogP contribution < -0.4 is 0 Å². The summed E-state index contributed by atoms with van der Waals surface area (Å²) >= 11 is 0. The summed E-state index contributed by atoms with van der Waals surface area (Å²) in [6, 6.07) is 6.72. The molecule has 17 heavy (non-hydrogen) atoms. The molecular formula is C14H17NO2. The highest BCUT2D eigenvalue weighted by Gasteiger charge is 2.13. The maximum atomic E-state index is 10.5. The highest BCUT2D eigenvalue weighted by molar-refractivity contribution is 5.35. The molecule has 2 atom stereocenters. The topological polar surface area (TPSA) is 43.1 Å². The number of nitrogens with zero attached hydrogens (tertiary/aromatic N) is 1. The Hall–Kier alpha value is -1.82. The van der Waals surface area contributed by atoms with Gasteiger partial charge in [-0.15, -0.1) is 5.92 Å². The molecule has 0 fully saturated rings. The summed E-state index contributed by atoms with van der Waals surface area (Å²) in [5, 5.41) is 10.5. The van der Waals surface area contributed by atoms with Crippen molar-refractivity contribution in [2.24, 2.45) is 5.92 Å². The van der Waals surface area contributed by atoms with Crippen molar-refractivity contribution in [1.82, 2.24) is 0 Å². The molecule has 1 rings (SSSR count). The Morgan fingerprint density at radius 1 is 1.29 bits per heavy atom. The van der Waals surface area contributed by atoms with Crippen molar-refractivity contribution in [3.8, 4) is 11.8 Å². The van der Waals surface area contributed by atoms with Crippen LogP contribution in [0.1, 0.15) is 38.7 Å². The van der Waals surface area contributed by atoms with E-state index in [9.17, 15) is 10.1 Å². The molecule has 0 N–H and O–H groups in total. The third kappa shape index (κ3) is 3.60. The van der Waals surface area contributed by atoms with Gasteiger partial charge in [-0.2, -0.15) is 0 Å². The van der Waals surface area contributed by atoms with Crippen molar-refractivity contribution in [2.75, 3.05) is 0 Å². The Morgan fingerprint density at radius 3 is 2.35 bits per heavy atom. The maximum absolute atomic E-state index is 10.5. The summed E-state index contributed by atoms with van der Waals surface area (Å²) in [4.78, 5) is 10.2. The highest BCUT2D eigenvalue weighted by Crippen LogP contribution is 2.25. The van der Waals surface area contributed by atoms with Crippen molar-refractivity contribution in [1.29, 1.82) is 0 Å². The standard InChI is InChI=1S/C14H17NO2/c1-4-5-6-11(2)12(3)13-7-9-14(10-8-13)15(16)17/h7-12H,4H2,1-3H3. The van der Waals surface area contributed by atoms with E-state index in [1.54, 1.807) is 12.1 Å². The Kier molecular flexibility index (Phi) is 4.71. The largest absolute Gasteiger partial charge is 0.269 e. The first-order valence-corrected chi connectivity index (χ1v) is 5.79. The molecule has 0 aliphatic heterocycles. The number of non-ortho nitro benzene ring substituents is 1. The zero-order valence-electron chi connectivity index (χ0n) is 10.4. The fraction of sp³-hybridized carbons (Fsp3) is 0.429. The number of hydrogen-bond acceptors (Lipinski definition) is 2. The van der Waals surface area contributed by atoms with Gasteiger partial charge in [-0.25, -0.2) is 0 Å². The lowest BCUT2D eigenvalue weighted by Gasteiger charge is -2.14. The third-order valence-corrected chi connectivity index (χ3v) is 2.89. The van der Waals surface area contributed by atoms with Crippen LogP contribution in [0.2, 0.25) is 0 Å². The first-order chi connectivity index (χ1) is 8.06. The van der Waals surface area contributed by atoms with Crippen LogP contribution in [0, 0.1) is 27.9 Å². The van der Waals surface area contributed by atoms with Gasteiger partial charge in [-0.1, -0.05) is 38.8 Å². The SMILES string of the molecule is CCC#CC(C)C(C)c1ccc([N+](=O)[O-])cc1. The zero-order chi connectivity index (χ0) is 12.8. The molecular weight excluding hydrogens is 214 g/mol. The minimum atomic E-state index is -0.380. The van der Waals surface area contributed by atoms with Crippen molar-refractivity contribution in [3.63, 3.8) is 0 Å². The van der Waals surface area contributed by atoms with Gasteiger partial charge in [0.05, 0.1) is 4.92 Å². The lowest BCUT2D eigenvalue weighted by atomic mass is 9.89. The Morgan fingerprint density at radius 2 is 1.88 bits per heavy atom. The predicted octanol–water partition coefficient (Wildman–Crippen LogP) is 3.75. The summed E-state index contributed by atoms with van der Waals surface area (Å²) in [7, 11) is 0. The predicted molar refractivity (Wildman–Crippen MR) is 68.7 cm³/mol. The second-order valence-corrected chi connectivity index (χ2v) is 4.10. The molecule has 0 radical (unpaired) electrons. The van der Waals surface area contributed by atoms with Crippen LogP contribution in [-0.4, -0.2) is 4.92 Å². The van der Waals surface area contributed by atoms with E-state index in [-0.39, 0.29) is 22.4 Å². The summed E-state index contributed by atoms with van der Waals surface area (Å²) in [6.07, 6.45) is 0.858. The van der Waals surface area contributed by atoms with Gasteiger partial charge in [0, 0.05) is 24.5 Å². The van der Waals surface area contributed by atoms with E-state index in [1.807, 2.05) is 19.1 Å². The number of nitro benzene ring substituents is 1. The summed E-state index contributed by atoms with van der Waals surface area (Å²) in [6.45, 7) is 6.20. The van der Waals surface area contributed by atoms with Crippen molar-refractivity contribution in [2.45, 2.75) is 33.1 Å². The van der Waals surface area contributed by atoms with Crippen LogP contribution >= 0.6 is 0 Å². The van der Waals surface area contributed by atoms with E-state index >= 15 is 0 Å². The van der Waals surface area contributed by atoms with Gasteiger partial charge in [-0.05, 0) is 11.5 Å². The maximum Gasteiger partial charge on any atom is 0.269 e. The Bertz CT molecular complexity index is 440. The summed E-state index contributed by atoms with van der Waals surface area (Å²) in [5.41, 5.74) is 1.22. The first kappa shape index (κ1) is 13.2. The molecule has 3 heteroatoms. The van der Waals surface area contributed by atoms with E-state index in [4.69, 9.17) is 0 Å². The van der Waals surface area contributed by atoms with Gasteiger partial charge in [0.15, 0.2) is 0 Å². The molecule has 0 saturated carbocycles. The molecule has 3 nitrogen and oxygen atoms in total. The minimum absolute atomic E-state index is 0.133. The molecule has 0 bridgehead atoms. The highest BCUT2D eigenvalue weighted by atomic mass is 16.6. The van der Waals surface area contributed by atoms with Crippen molar-refractivity contribution in [3.05, 3.63) is 39.9 Å². The lowest BCUT2D eigenvalue weighted by Crippen LogP contribution is -2.04. The van der Waals surface area contributed by atoms with E-state index in [1.165, 1.54) is 0 Å². The number of rotatable bonds is 3. The van der Waals surface area contributed by atoms with Crippen LogP contribution in [0.3, 0.4) is 0 Å². The monoisotopic (exact) mass is 231 g/mol. The average Bonchev–Trinajstić information content (AvgIpc) is 2.35. The second-order valence-electron chi connectivity index (χ2n) is 4.10. The summed E-state index contributed by atoms with van der Waals surface area (Å²) in [5.74, 6) is 6.80. The molecule has 0 saturated heterocycles. The van der Waals surface area contributed by atoms with E-state index in [0.717, 1.165) is 12.0 Å². The molecule has 0 heterocycles. The van der Waals surface area contributed by atoms with Gasteiger partial charge < -0.3 is 0 Å². The average molecular weight is 231 g/mol. The first-order valence-electron chi connectivity index (χ1n) is 5.79. The fourth-order valence-corrected chi connectivity index (χ4v) is 1.58. The van der Waals surface area contributed by atoms with Gasteiger partial charge in [0.2, 0.25) is 0 Å². The van der Waals surface area contributed by atoms with Gasteiger partial charge >= 0.3 is 0 Å². The van der Waals surface area contributed by atoms with Crippen LogP contribution in [0.5, 0.6) is 0 Å². The van der Waals surface area contributed by atoms with Gasteiger partial charge in [0.1, 0.15) is 0 Å². The van der Waals surface area contributed by atoms with E-state index in [2.05, 4.69) is 25.7 Å². The zero-order valence-corrected chi connectivity index (χ0v) is 10.4. The number of benzene rings is 1. The van der Waals surface area contributed by atoms with Crippen LogP contribution in [0.15, 0.2) is 24.3 Å². The number of hydrogen-bond donors (Lipinski definition) is 0. The summed E-state index contributed by atoms with van der Waals surface area (Å²) < 4.78 is 0. The van der Waals surface area contributed by atoms with Crippen molar-refractivity contribution < 1.29 is 4.92 Å². The Balaban J connectivity index is 2.82. The molecule has 0 aromatic heterocycles. The third-order valence-electron chi connectivity index (χ3n) is 2.89. The molecule has 0 spiro atoms. The van der Waals surface area contributed by atoms with Crippen molar-refractivity contribution >= 4 is 5.69 Å². The number of nitro groups is 1. The Labute approximate surface area is 102 Å². The second kappa shape index (κ2) is 6.05.